The molecule has 1 aromatic carbocycles. The lowest BCUT2D eigenvalue weighted by Gasteiger charge is -1.98. The highest BCUT2D eigenvalue weighted by molar-refractivity contribution is 9.10. The van der Waals surface area contributed by atoms with Gasteiger partial charge < -0.3 is 9.72 Å². The fraction of sp³-hybridized carbons (Fsp3) is 0.182. The number of halogens is 1. The molecule has 0 aliphatic heterocycles. The van der Waals surface area contributed by atoms with E-state index in [0.29, 0.717) is 15.4 Å². The molecule has 94 valence electrons. The highest BCUT2D eigenvalue weighted by atomic mass is 79.9. The first-order chi connectivity index (χ1) is 8.54. The van der Waals surface area contributed by atoms with E-state index >= 15 is 0 Å². The third-order valence-electron chi connectivity index (χ3n) is 2.41. The minimum absolute atomic E-state index is 0.0300. The number of nitrogens with one attached hydrogen (secondary N) is 1. The van der Waals surface area contributed by atoms with Crippen LogP contribution in [0, 0.1) is 10.1 Å². The quantitative estimate of drug-likeness (QED) is 0.536. The van der Waals surface area contributed by atoms with Gasteiger partial charge in [0.25, 0.3) is 5.69 Å². The molecule has 2 aromatic rings. The van der Waals surface area contributed by atoms with Crippen molar-refractivity contribution in [2.45, 2.75) is 6.92 Å². The average Bonchev–Trinajstić information content (AvgIpc) is 2.67. The Morgan fingerprint density at radius 3 is 2.89 bits per heavy atom. The number of hydrogen-bond donors (Lipinski definition) is 1. The Balaban J connectivity index is 2.56. The topological polar surface area (TPSA) is 85.2 Å². The second-order valence-electron chi connectivity index (χ2n) is 3.52. The zero-order valence-corrected chi connectivity index (χ0v) is 11.0. The van der Waals surface area contributed by atoms with Crippen molar-refractivity contribution in [2.75, 3.05) is 6.61 Å². The molecule has 0 amide bonds. The normalized spacial score (nSPS) is 10.6. The van der Waals surface area contributed by atoms with E-state index in [4.69, 9.17) is 4.74 Å². The molecule has 2 rings (SSSR count). The largest absolute Gasteiger partial charge is 0.461 e. The first-order valence-electron chi connectivity index (χ1n) is 5.17. The molecule has 0 spiro atoms. The maximum absolute atomic E-state index is 11.6. The molecule has 0 bridgehead atoms. The van der Waals surface area contributed by atoms with Crippen molar-refractivity contribution in [3.8, 4) is 0 Å². The Kier molecular flexibility index (Phi) is 3.33. The van der Waals surface area contributed by atoms with Crippen LogP contribution in [0.15, 0.2) is 22.7 Å². The number of ether oxygens (including phenoxy) is 1. The van der Waals surface area contributed by atoms with E-state index in [1.807, 2.05) is 0 Å². The highest BCUT2D eigenvalue weighted by Crippen LogP contribution is 2.31. The Bertz CT molecular complexity index is 635. The first-order valence-corrected chi connectivity index (χ1v) is 5.96. The molecule has 0 fully saturated rings. The molecule has 7 heteroatoms. The lowest BCUT2D eigenvalue weighted by atomic mass is 10.2. The van der Waals surface area contributed by atoms with E-state index < -0.39 is 10.9 Å². The van der Waals surface area contributed by atoms with Gasteiger partial charge in [-0.1, -0.05) is 0 Å². The van der Waals surface area contributed by atoms with Gasteiger partial charge in [-0.05, 0) is 28.9 Å². The molecule has 0 atom stereocenters. The van der Waals surface area contributed by atoms with Gasteiger partial charge in [0.1, 0.15) is 5.69 Å². The van der Waals surface area contributed by atoms with Gasteiger partial charge in [0, 0.05) is 23.0 Å². The maximum Gasteiger partial charge on any atom is 0.355 e. The minimum atomic E-state index is -0.497. The Labute approximate surface area is 110 Å². The summed E-state index contributed by atoms with van der Waals surface area (Å²) in [7, 11) is 0. The number of aromatic nitrogens is 1. The monoisotopic (exact) mass is 312 g/mol. The summed E-state index contributed by atoms with van der Waals surface area (Å²) >= 11 is 3.25. The lowest BCUT2D eigenvalue weighted by molar-refractivity contribution is -0.384. The van der Waals surface area contributed by atoms with Crippen LogP contribution in [0.2, 0.25) is 0 Å². The van der Waals surface area contributed by atoms with Gasteiger partial charge in [0.2, 0.25) is 0 Å². The fourth-order valence-corrected chi connectivity index (χ4v) is 2.19. The van der Waals surface area contributed by atoms with Crippen LogP contribution in [-0.4, -0.2) is 22.5 Å². The molecule has 0 radical (unpaired) electrons. The van der Waals surface area contributed by atoms with Gasteiger partial charge in [-0.15, -0.1) is 0 Å². The number of nitro benzene ring substituents is 1. The standard InChI is InChI=1S/C11H9BrN2O4/c1-2-18-11(15)10-9(12)7-5-6(14(16)17)3-4-8(7)13-10/h3-5,13H,2H2,1H3. The number of nitro groups is 1. The molecule has 0 aliphatic rings. The number of rotatable bonds is 3. The van der Waals surface area contributed by atoms with E-state index in [1.165, 1.54) is 12.1 Å². The summed E-state index contributed by atoms with van der Waals surface area (Å²) in [6.45, 7) is 1.97. The molecule has 0 aliphatic carbocycles. The fourth-order valence-electron chi connectivity index (χ4n) is 1.60. The molecular weight excluding hydrogens is 304 g/mol. The van der Waals surface area contributed by atoms with Gasteiger partial charge in [-0.3, -0.25) is 10.1 Å². The third-order valence-corrected chi connectivity index (χ3v) is 3.23. The molecule has 1 aromatic heterocycles. The summed E-state index contributed by atoms with van der Waals surface area (Å²) in [5.74, 6) is -0.497. The van der Waals surface area contributed by atoms with Crippen molar-refractivity contribution in [2.24, 2.45) is 0 Å². The number of non-ortho nitro benzene ring substituents is 1. The van der Waals surface area contributed by atoms with Crippen molar-refractivity contribution in [3.05, 3.63) is 38.5 Å². The summed E-state index contributed by atoms with van der Waals surface area (Å²) in [5.41, 5.74) is 0.862. The molecule has 1 heterocycles. The predicted octanol–water partition coefficient (Wildman–Crippen LogP) is 3.02. The van der Waals surface area contributed by atoms with E-state index in [-0.39, 0.29) is 18.0 Å². The average molecular weight is 313 g/mol. The van der Waals surface area contributed by atoms with E-state index in [1.54, 1.807) is 13.0 Å². The van der Waals surface area contributed by atoms with Crippen LogP contribution in [0.4, 0.5) is 5.69 Å². The molecular formula is C11H9BrN2O4. The zero-order valence-electron chi connectivity index (χ0n) is 9.40. The number of nitrogens with zero attached hydrogens (tertiary/aromatic N) is 1. The lowest BCUT2D eigenvalue weighted by Crippen LogP contribution is -2.05. The zero-order chi connectivity index (χ0) is 13.3. The van der Waals surface area contributed by atoms with Crippen molar-refractivity contribution >= 4 is 38.5 Å². The third kappa shape index (κ3) is 2.08. The van der Waals surface area contributed by atoms with Gasteiger partial charge >= 0.3 is 5.97 Å². The first kappa shape index (κ1) is 12.6. The van der Waals surface area contributed by atoms with Gasteiger partial charge in [-0.2, -0.15) is 0 Å². The predicted molar refractivity (Wildman–Crippen MR) is 68.6 cm³/mol. The van der Waals surface area contributed by atoms with Gasteiger partial charge in [0.05, 0.1) is 16.0 Å². The second kappa shape index (κ2) is 4.77. The van der Waals surface area contributed by atoms with Crippen molar-refractivity contribution in [3.63, 3.8) is 0 Å². The molecule has 6 nitrogen and oxygen atoms in total. The summed E-state index contributed by atoms with van der Waals surface area (Å²) in [6.07, 6.45) is 0. The van der Waals surface area contributed by atoms with Crippen LogP contribution in [0.3, 0.4) is 0 Å². The number of esters is 1. The van der Waals surface area contributed by atoms with E-state index in [0.717, 1.165) is 0 Å². The Morgan fingerprint density at radius 2 is 2.28 bits per heavy atom. The molecule has 18 heavy (non-hydrogen) atoms. The summed E-state index contributed by atoms with van der Waals surface area (Å²) < 4.78 is 5.35. The van der Waals surface area contributed by atoms with Crippen molar-refractivity contribution in [1.82, 2.24) is 4.98 Å². The van der Waals surface area contributed by atoms with Crippen molar-refractivity contribution in [1.29, 1.82) is 0 Å². The minimum Gasteiger partial charge on any atom is -0.461 e. The second-order valence-corrected chi connectivity index (χ2v) is 4.31. The SMILES string of the molecule is CCOC(=O)c1[nH]c2ccc([N+](=O)[O-])cc2c1Br. The maximum atomic E-state index is 11.6. The van der Waals surface area contributed by atoms with Crippen molar-refractivity contribution < 1.29 is 14.5 Å². The number of H-pyrrole nitrogens is 1. The number of aromatic amines is 1. The number of carbonyl (C=O) groups excluding carboxylic acids is 1. The Morgan fingerprint density at radius 1 is 1.56 bits per heavy atom. The number of fused-ring (bicyclic) bond motifs is 1. The smallest absolute Gasteiger partial charge is 0.355 e. The van der Waals surface area contributed by atoms with Gasteiger partial charge in [0.15, 0.2) is 0 Å². The van der Waals surface area contributed by atoms with Crippen LogP contribution >= 0.6 is 15.9 Å². The molecule has 0 saturated heterocycles. The molecule has 0 saturated carbocycles. The number of benzene rings is 1. The van der Waals surface area contributed by atoms with Crippen LogP contribution in [0.1, 0.15) is 17.4 Å². The molecule has 0 unspecified atom stereocenters. The summed E-state index contributed by atoms with van der Waals surface area (Å²) in [5, 5.41) is 11.3. The summed E-state index contributed by atoms with van der Waals surface area (Å²) in [6, 6.07) is 4.33. The van der Waals surface area contributed by atoms with Crippen LogP contribution in [0.5, 0.6) is 0 Å². The number of carbonyl (C=O) groups is 1. The van der Waals surface area contributed by atoms with Gasteiger partial charge in [-0.25, -0.2) is 4.79 Å². The number of hydrogen-bond acceptors (Lipinski definition) is 4. The van der Waals surface area contributed by atoms with Crippen LogP contribution in [-0.2, 0) is 4.74 Å². The van der Waals surface area contributed by atoms with Crippen LogP contribution in [0.25, 0.3) is 10.9 Å². The Hall–Kier alpha value is -1.89. The van der Waals surface area contributed by atoms with Crippen LogP contribution < -0.4 is 0 Å². The summed E-state index contributed by atoms with van der Waals surface area (Å²) in [4.78, 5) is 24.7. The van der Waals surface area contributed by atoms with E-state index in [9.17, 15) is 14.9 Å². The van der Waals surface area contributed by atoms with E-state index in [2.05, 4.69) is 20.9 Å². The highest BCUT2D eigenvalue weighted by Gasteiger charge is 2.18. The molecule has 1 N–H and O–H groups in total.